The summed E-state index contributed by atoms with van der Waals surface area (Å²) in [5, 5.41) is 7.35. The Morgan fingerprint density at radius 3 is 2.69 bits per heavy atom. The molecule has 0 aromatic carbocycles. The van der Waals surface area contributed by atoms with Gasteiger partial charge in [-0.05, 0) is 20.3 Å². The third kappa shape index (κ3) is 5.68. The Kier molecular flexibility index (Phi) is 6.69. The number of rotatable bonds is 7. The summed E-state index contributed by atoms with van der Waals surface area (Å²) < 4.78 is 29.5. The summed E-state index contributed by atoms with van der Waals surface area (Å²) in [4.78, 5) is 10.9. The van der Waals surface area contributed by atoms with Gasteiger partial charge in [0.2, 0.25) is 10.0 Å². The number of nitrogens with one attached hydrogen (secondary N) is 1. The van der Waals surface area contributed by atoms with Crippen LogP contribution in [0.4, 0.5) is 0 Å². The Morgan fingerprint density at radius 1 is 1.56 bits per heavy atom. The van der Waals surface area contributed by atoms with Crippen molar-refractivity contribution < 1.29 is 17.9 Å². The first kappa shape index (κ1) is 14.9. The van der Waals surface area contributed by atoms with Crippen LogP contribution in [0.3, 0.4) is 0 Å². The molecule has 16 heavy (non-hydrogen) atoms. The molecule has 0 aromatic heterocycles. The minimum Gasteiger partial charge on any atom is -0.466 e. The lowest BCUT2D eigenvalue weighted by atomic mass is 10.3. The monoisotopic (exact) mass is 248 g/mol. The van der Waals surface area contributed by atoms with Crippen LogP contribution in [0.5, 0.6) is 0 Å². The average Bonchev–Trinajstić information content (AvgIpc) is 2.23. The van der Waals surface area contributed by atoms with Crippen molar-refractivity contribution in [3.8, 4) is 6.07 Å². The lowest BCUT2D eigenvalue weighted by Gasteiger charge is -2.07. The van der Waals surface area contributed by atoms with Gasteiger partial charge in [0.15, 0.2) is 5.25 Å². The van der Waals surface area contributed by atoms with E-state index < -0.39 is 15.3 Å². The molecule has 7 heteroatoms. The predicted molar refractivity (Wildman–Crippen MR) is 57.9 cm³/mol. The van der Waals surface area contributed by atoms with Gasteiger partial charge in [0.25, 0.3) is 0 Å². The molecule has 0 aliphatic carbocycles. The molecule has 0 radical (unpaired) electrons. The summed E-state index contributed by atoms with van der Waals surface area (Å²) in [6.07, 6.45) is 0.521. The lowest BCUT2D eigenvalue weighted by molar-refractivity contribution is -0.143. The Morgan fingerprint density at radius 2 is 2.19 bits per heavy atom. The number of nitriles is 1. The van der Waals surface area contributed by atoms with E-state index in [2.05, 4.69) is 9.46 Å². The molecule has 0 saturated heterocycles. The molecule has 0 fully saturated rings. The lowest BCUT2D eigenvalue weighted by Crippen LogP contribution is -2.32. The van der Waals surface area contributed by atoms with Crippen LogP contribution in [0.25, 0.3) is 0 Å². The van der Waals surface area contributed by atoms with Crippen LogP contribution in [0, 0.1) is 11.3 Å². The molecule has 0 rings (SSSR count). The predicted octanol–water partition coefficient (Wildman–Crippen LogP) is 0.161. The Hall–Kier alpha value is -1.13. The maximum atomic E-state index is 11.3. The van der Waals surface area contributed by atoms with Crippen molar-refractivity contribution in [2.45, 2.75) is 31.9 Å². The second-order valence-corrected chi connectivity index (χ2v) is 5.21. The molecule has 0 aliphatic rings. The third-order valence-electron chi connectivity index (χ3n) is 1.81. The normalized spacial score (nSPS) is 12.8. The SMILES string of the molecule is CCOC(=O)CCCNS(=O)(=O)C(C)C#N. The van der Waals surface area contributed by atoms with Crippen LogP contribution in [0.15, 0.2) is 0 Å². The third-order valence-corrected chi connectivity index (χ3v) is 3.46. The average molecular weight is 248 g/mol. The first-order chi connectivity index (χ1) is 7.44. The van der Waals surface area contributed by atoms with E-state index >= 15 is 0 Å². The van der Waals surface area contributed by atoms with E-state index in [0.29, 0.717) is 13.0 Å². The van der Waals surface area contributed by atoms with E-state index in [1.165, 1.54) is 6.92 Å². The van der Waals surface area contributed by atoms with Gasteiger partial charge in [0, 0.05) is 13.0 Å². The van der Waals surface area contributed by atoms with Gasteiger partial charge in [-0.15, -0.1) is 0 Å². The van der Waals surface area contributed by atoms with Gasteiger partial charge in [-0.3, -0.25) is 4.79 Å². The van der Waals surface area contributed by atoms with Crippen LogP contribution in [-0.2, 0) is 19.6 Å². The van der Waals surface area contributed by atoms with Crippen LogP contribution in [0.1, 0.15) is 26.7 Å². The second kappa shape index (κ2) is 7.19. The number of hydrogen-bond acceptors (Lipinski definition) is 5. The molecular formula is C9H16N2O4S. The van der Waals surface area contributed by atoms with E-state index in [-0.39, 0.29) is 18.9 Å². The molecule has 1 unspecified atom stereocenters. The molecule has 0 amide bonds. The summed E-state index contributed by atoms with van der Waals surface area (Å²) in [5.41, 5.74) is 0. The molecule has 1 N–H and O–H groups in total. The minimum atomic E-state index is -3.58. The zero-order chi connectivity index (χ0) is 12.6. The van der Waals surface area contributed by atoms with Crippen molar-refractivity contribution in [2.75, 3.05) is 13.2 Å². The van der Waals surface area contributed by atoms with Gasteiger partial charge in [-0.2, -0.15) is 5.26 Å². The van der Waals surface area contributed by atoms with Gasteiger partial charge in [0.05, 0.1) is 12.7 Å². The summed E-state index contributed by atoms with van der Waals surface area (Å²) in [6.45, 7) is 3.45. The summed E-state index contributed by atoms with van der Waals surface area (Å²) >= 11 is 0. The minimum absolute atomic E-state index is 0.132. The van der Waals surface area contributed by atoms with Crippen molar-refractivity contribution in [1.29, 1.82) is 5.26 Å². The topological polar surface area (TPSA) is 96.3 Å². The number of carbonyl (C=O) groups excluding carboxylic acids is 1. The largest absolute Gasteiger partial charge is 0.466 e. The van der Waals surface area contributed by atoms with E-state index in [1.54, 1.807) is 13.0 Å². The van der Waals surface area contributed by atoms with Gasteiger partial charge < -0.3 is 4.74 Å². The number of sulfonamides is 1. The van der Waals surface area contributed by atoms with Crippen LogP contribution < -0.4 is 4.72 Å². The highest BCUT2D eigenvalue weighted by Gasteiger charge is 2.18. The van der Waals surface area contributed by atoms with Crippen molar-refractivity contribution >= 4 is 16.0 Å². The number of esters is 1. The molecular weight excluding hydrogens is 232 g/mol. The maximum Gasteiger partial charge on any atom is 0.305 e. The smallest absolute Gasteiger partial charge is 0.305 e. The van der Waals surface area contributed by atoms with Gasteiger partial charge >= 0.3 is 5.97 Å². The standard InChI is InChI=1S/C9H16N2O4S/c1-3-15-9(12)5-4-6-11-16(13,14)8(2)7-10/h8,11H,3-6H2,1-2H3. The van der Waals surface area contributed by atoms with Crippen molar-refractivity contribution in [1.82, 2.24) is 4.72 Å². The van der Waals surface area contributed by atoms with Crippen molar-refractivity contribution in [2.24, 2.45) is 0 Å². The number of nitrogens with zero attached hydrogens (tertiary/aromatic N) is 1. The van der Waals surface area contributed by atoms with E-state index in [1.807, 2.05) is 0 Å². The van der Waals surface area contributed by atoms with Gasteiger partial charge in [0.1, 0.15) is 0 Å². The Bertz CT molecular complexity index is 358. The molecule has 0 spiro atoms. The highest BCUT2D eigenvalue weighted by molar-refractivity contribution is 7.90. The fraction of sp³-hybridized carbons (Fsp3) is 0.778. The highest BCUT2D eigenvalue weighted by Crippen LogP contribution is 1.97. The molecule has 0 bridgehead atoms. The summed E-state index contributed by atoms with van der Waals surface area (Å²) in [5.74, 6) is -0.352. The van der Waals surface area contributed by atoms with Gasteiger partial charge in [-0.1, -0.05) is 0 Å². The molecule has 0 aromatic rings. The fourth-order valence-electron chi connectivity index (χ4n) is 0.875. The van der Waals surface area contributed by atoms with Gasteiger partial charge in [-0.25, -0.2) is 13.1 Å². The van der Waals surface area contributed by atoms with Crippen molar-refractivity contribution in [3.63, 3.8) is 0 Å². The molecule has 1 atom stereocenters. The first-order valence-electron chi connectivity index (χ1n) is 4.97. The molecule has 0 heterocycles. The summed E-state index contributed by atoms with van der Waals surface area (Å²) in [6, 6.07) is 1.63. The molecule has 6 nitrogen and oxygen atoms in total. The number of hydrogen-bond donors (Lipinski definition) is 1. The molecule has 0 aliphatic heterocycles. The van der Waals surface area contributed by atoms with E-state index in [4.69, 9.17) is 5.26 Å². The van der Waals surface area contributed by atoms with Crippen LogP contribution >= 0.6 is 0 Å². The first-order valence-corrected chi connectivity index (χ1v) is 6.52. The number of ether oxygens (including phenoxy) is 1. The highest BCUT2D eigenvalue weighted by atomic mass is 32.2. The Labute approximate surface area is 95.6 Å². The fourth-order valence-corrected chi connectivity index (χ4v) is 1.69. The van der Waals surface area contributed by atoms with Crippen molar-refractivity contribution in [3.05, 3.63) is 0 Å². The zero-order valence-electron chi connectivity index (χ0n) is 9.39. The number of carbonyl (C=O) groups is 1. The quantitative estimate of drug-likeness (QED) is 0.511. The van der Waals surface area contributed by atoms with Crippen LogP contribution in [-0.4, -0.2) is 32.8 Å². The Balaban J connectivity index is 3.84. The molecule has 0 saturated carbocycles. The second-order valence-electron chi connectivity index (χ2n) is 3.12. The zero-order valence-corrected chi connectivity index (χ0v) is 10.2. The maximum absolute atomic E-state index is 11.3. The van der Waals surface area contributed by atoms with E-state index in [0.717, 1.165) is 0 Å². The van der Waals surface area contributed by atoms with Crippen LogP contribution in [0.2, 0.25) is 0 Å². The summed E-state index contributed by atoms with van der Waals surface area (Å²) in [7, 11) is -3.58. The van der Waals surface area contributed by atoms with E-state index in [9.17, 15) is 13.2 Å². The molecule has 92 valence electrons.